The van der Waals surface area contributed by atoms with Crippen LogP contribution in [-0.2, 0) is 22.3 Å². The van der Waals surface area contributed by atoms with E-state index in [1.807, 2.05) is 20.8 Å². The Morgan fingerprint density at radius 2 is 2.07 bits per heavy atom. The zero-order chi connectivity index (χ0) is 20.1. The average Bonchev–Trinajstić information content (AvgIpc) is 3.27. The van der Waals surface area contributed by atoms with E-state index in [-0.39, 0.29) is 5.75 Å². The van der Waals surface area contributed by atoms with Crippen molar-refractivity contribution in [2.45, 2.75) is 33.1 Å². The number of aliphatic imine (C=N–C) groups is 1. The Balaban J connectivity index is 1.62. The number of aryl methyl sites for hydroxylation is 2. The number of aromatic nitrogens is 2. The third-order valence-electron chi connectivity index (χ3n) is 4.46. The molecule has 0 saturated carbocycles. The molecule has 1 aliphatic rings. The second-order valence-corrected chi connectivity index (χ2v) is 9.80. The molecule has 0 bridgehead atoms. The topological polar surface area (TPSA) is 104 Å². The molecule has 0 spiro atoms. The zero-order valence-electron chi connectivity index (χ0n) is 16.4. The summed E-state index contributed by atoms with van der Waals surface area (Å²) in [6.45, 7) is 9.36. The number of hydrogen-bond acceptors (Lipinski definition) is 7. The number of nitrogens with one attached hydrogen (secondary N) is 1. The van der Waals surface area contributed by atoms with Gasteiger partial charge < -0.3 is 14.7 Å². The first-order valence-electron chi connectivity index (χ1n) is 9.22. The molecule has 154 valence electrons. The van der Waals surface area contributed by atoms with E-state index in [0.717, 1.165) is 28.1 Å². The summed E-state index contributed by atoms with van der Waals surface area (Å²) in [5.41, 5.74) is 1.44. The van der Waals surface area contributed by atoms with Gasteiger partial charge in [0.2, 0.25) is 10.0 Å². The summed E-state index contributed by atoms with van der Waals surface area (Å²) in [5, 5.41) is 8.05. The number of rotatable bonds is 6. The molecule has 2 aromatic rings. The third-order valence-corrected chi connectivity index (χ3v) is 7.33. The summed E-state index contributed by atoms with van der Waals surface area (Å²) in [6.07, 6.45) is 1.38. The maximum absolute atomic E-state index is 12.6. The van der Waals surface area contributed by atoms with Gasteiger partial charge in [0.15, 0.2) is 5.96 Å². The van der Waals surface area contributed by atoms with Crippen LogP contribution < -0.4 is 5.32 Å². The molecule has 28 heavy (non-hydrogen) atoms. The van der Waals surface area contributed by atoms with Crippen molar-refractivity contribution in [2.75, 3.05) is 32.7 Å². The van der Waals surface area contributed by atoms with Crippen LogP contribution in [-0.4, -0.2) is 66.4 Å². The van der Waals surface area contributed by atoms with E-state index in [1.165, 1.54) is 10.6 Å². The lowest BCUT2D eigenvalue weighted by Crippen LogP contribution is -2.53. The highest BCUT2D eigenvalue weighted by Gasteiger charge is 2.29. The molecule has 0 amide bonds. The monoisotopic (exact) mass is 426 g/mol. The molecule has 0 atom stereocenters. The van der Waals surface area contributed by atoms with Crippen molar-refractivity contribution in [1.82, 2.24) is 24.7 Å². The van der Waals surface area contributed by atoms with Gasteiger partial charge in [0.1, 0.15) is 12.0 Å². The summed E-state index contributed by atoms with van der Waals surface area (Å²) in [4.78, 5) is 12.4. The molecule has 1 saturated heterocycles. The first-order chi connectivity index (χ1) is 13.4. The first kappa shape index (κ1) is 20.7. The number of nitrogens with zero attached hydrogens (tertiary/aromatic N) is 5. The lowest BCUT2D eigenvalue weighted by molar-refractivity contribution is 0.259. The minimum Gasteiger partial charge on any atom is -0.364 e. The van der Waals surface area contributed by atoms with E-state index >= 15 is 0 Å². The van der Waals surface area contributed by atoms with Crippen molar-refractivity contribution in [3.63, 3.8) is 0 Å². The van der Waals surface area contributed by atoms with E-state index in [4.69, 9.17) is 9.52 Å². The van der Waals surface area contributed by atoms with Crippen molar-refractivity contribution in [3.8, 4) is 0 Å². The maximum atomic E-state index is 12.6. The lowest BCUT2D eigenvalue weighted by Gasteiger charge is -2.35. The normalized spacial score (nSPS) is 16.5. The fraction of sp³-hybridized carbons (Fsp3) is 0.588. The van der Waals surface area contributed by atoms with Gasteiger partial charge in [-0.15, -0.1) is 11.3 Å². The predicted molar refractivity (Wildman–Crippen MR) is 109 cm³/mol. The summed E-state index contributed by atoms with van der Waals surface area (Å²) in [5.74, 6) is 0.670. The number of hydrogen-bond donors (Lipinski definition) is 1. The Labute approximate surface area is 169 Å². The summed E-state index contributed by atoms with van der Waals surface area (Å²) in [7, 11) is -3.41. The summed E-state index contributed by atoms with van der Waals surface area (Å²) < 4.78 is 31.4. The molecule has 11 heteroatoms. The second-order valence-electron chi connectivity index (χ2n) is 6.54. The molecule has 3 heterocycles. The molecule has 3 rings (SSSR count). The predicted octanol–water partition coefficient (Wildman–Crippen LogP) is 1.36. The molecular formula is C17H26N6O3S2. The van der Waals surface area contributed by atoms with Crippen molar-refractivity contribution >= 4 is 27.3 Å². The minimum atomic E-state index is -3.41. The van der Waals surface area contributed by atoms with Gasteiger partial charge in [0.05, 0.1) is 22.9 Å². The van der Waals surface area contributed by atoms with E-state index < -0.39 is 10.0 Å². The van der Waals surface area contributed by atoms with E-state index in [0.29, 0.717) is 38.4 Å². The van der Waals surface area contributed by atoms with Gasteiger partial charge in [-0.05, 0) is 20.8 Å². The van der Waals surface area contributed by atoms with Crippen LogP contribution in [0, 0.1) is 13.8 Å². The standard InChI is InChI=1S/C17H26N6O3S2/c1-4-18-17(19-11-16-13(2)20-14(3)27-16)22-6-8-23(9-7-22)28(24,25)12-15-5-10-26-21-15/h5,10H,4,6-9,11-12H2,1-3H3,(H,18,19). The summed E-state index contributed by atoms with van der Waals surface area (Å²) >= 11 is 1.66. The molecule has 1 N–H and O–H groups in total. The molecule has 0 radical (unpaired) electrons. The molecule has 9 nitrogen and oxygen atoms in total. The van der Waals surface area contributed by atoms with Crippen molar-refractivity contribution in [3.05, 3.63) is 33.6 Å². The highest BCUT2D eigenvalue weighted by atomic mass is 32.2. The van der Waals surface area contributed by atoms with Gasteiger partial charge in [-0.25, -0.2) is 18.4 Å². The quantitative estimate of drug-likeness (QED) is 0.549. The van der Waals surface area contributed by atoms with E-state index in [2.05, 4.69) is 20.4 Å². The van der Waals surface area contributed by atoms with Gasteiger partial charge in [-0.3, -0.25) is 0 Å². The Bertz CT molecular complexity index is 899. The fourth-order valence-electron chi connectivity index (χ4n) is 3.06. The Hall–Kier alpha value is -1.98. The van der Waals surface area contributed by atoms with Gasteiger partial charge >= 0.3 is 0 Å². The van der Waals surface area contributed by atoms with Crippen molar-refractivity contribution in [1.29, 1.82) is 0 Å². The molecule has 2 aromatic heterocycles. The molecule has 1 fully saturated rings. The average molecular weight is 427 g/mol. The van der Waals surface area contributed by atoms with Crippen molar-refractivity contribution < 1.29 is 12.9 Å². The van der Waals surface area contributed by atoms with Crippen LogP contribution in [0.2, 0.25) is 0 Å². The fourth-order valence-corrected chi connectivity index (χ4v) is 5.35. The molecule has 0 aliphatic carbocycles. The van der Waals surface area contributed by atoms with Crippen LogP contribution in [0.5, 0.6) is 0 Å². The highest BCUT2D eigenvalue weighted by Crippen LogP contribution is 2.18. The molecular weight excluding hydrogens is 400 g/mol. The van der Waals surface area contributed by atoms with Gasteiger partial charge in [0.25, 0.3) is 0 Å². The smallest absolute Gasteiger partial charge is 0.220 e. The van der Waals surface area contributed by atoms with Crippen LogP contribution in [0.4, 0.5) is 0 Å². The van der Waals surface area contributed by atoms with Gasteiger partial charge in [0, 0.05) is 43.7 Å². The number of piperazine rings is 1. The molecule has 0 unspecified atom stereocenters. The second kappa shape index (κ2) is 9.01. The van der Waals surface area contributed by atoms with E-state index in [9.17, 15) is 8.42 Å². The largest absolute Gasteiger partial charge is 0.364 e. The minimum absolute atomic E-state index is 0.137. The highest BCUT2D eigenvalue weighted by molar-refractivity contribution is 7.88. The first-order valence-corrected chi connectivity index (χ1v) is 11.6. The maximum Gasteiger partial charge on any atom is 0.220 e. The van der Waals surface area contributed by atoms with Crippen LogP contribution in [0.25, 0.3) is 0 Å². The number of guanidine groups is 1. The Morgan fingerprint density at radius 1 is 1.32 bits per heavy atom. The van der Waals surface area contributed by atoms with E-state index in [1.54, 1.807) is 17.4 Å². The van der Waals surface area contributed by atoms with Crippen LogP contribution >= 0.6 is 11.3 Å². The zero-order valence-corrected chi connectivity index (χ0v) is 18.0. The Morgan fingerprint density at radius 3 is 2.64 bits per heavy atom. The molecule has 0 aromatic carbocycles. The third kappa shape index (κ3) is 5.09. The number of thiazole rings is 1. The number of sulfonamides is 1. The van der Waals surface area contributed by atoms with Crippen molar-refractivity contribution in [2.24, 2.45) is 4.99 Å². The SMILES string of the molecule is CCNC(=NCc1sc(C)nc1C)N1CCN(S(=O)(=O)Cc2ccon2)CC1. The van der Waals surface area contributed by atoms with Gasteiger partial charge in [-0.2, -0.15) is 4.31 Å². The Kier molecular flexibility index (Phi) is 6.68. The van der Waals surface area contributed by atoms with Crippen LogP contribution in [0.3, 0.4) is 0 Å². The van der Waals surface area contributed by atoms with Crippen LogP contribution in [0.1, 0.15) is 28.2 Å². The van der Waals surface area contributed by atoms with Gasteiger partial charge in [-0.1, -0.05) is 5.16 Å². The van der Waals surface area contributed by atoms with Crippen LogP contribution in [0.15, 0.2) is 21.8 Å². The summed E-state index contributed by atoms with van der Waals surface area (Å²) in [6, 6.07) is 1.58. The molecule has 1 aliphatic heterocycles. The lowest BCUT2D eigenvalue weighted by atomic mass is 10.4.